The van der Waals surface area contributed by atoms with E-state index < -0.39 is 5.97 Å². The number of carbonyl (C=O) groups is 1. The Bertz CT molecular complexity index is 593. The van der Waals surface area contributed by atoms with Crippen LogP contribution in [0.5, 0.6) is 11.1 Å². The van der Waals surface area contributed by atoms with Crippen LogP contribution in [0.3, 0.4) is 0 Å². The minimum absolute atomic E-state index is 0.0701. The van der Waals surface area contributed by atoms with Crippen molar-refractivity contribution in [3.8, 4) is 11.1 Å². The summed E-state index contributed by atoms with van der Waals surface area (Å²) in [5.41, 5.74) is 0.823. The smallest absolute Gasteiger partial charge is 0.351 e. The minimum Gasteiger partial charge on any atom is -0.465 e. The number of thiazole rings is 1. The lowest BCUT2D eigenvalue weighted by molar-refractivity contribution is 0.0606. The van der Waals surface area contributed by atoms with Crippen LogP contribution < -0.4 is 4.74 Å². The highest BCUT2D eigenvalue weighted by molar-refractivity contribution is 7.15. The largest absolute Gasteiger partial charge is 0.465 e. The lowest BCUT2D eigenvalue weighted by atomic mass is 10.5. The number of hydrogen-bond donors (Lipinski definition) is 0. The Balaban J connectivity index is 2.25. The van der Waals surface area contributed by atoms with Gasteiger partial charge in [-0.3, -0.25) is 0 Å². The molecule has 96 valence electrons. The topological polar surface area (TPSA) is 66.2 Å². The van der Waals surface area contributed by atoms with Crippen LogP contribution in [0.2, 0.25) is 5.15 Å². The van der Waals surface area contributed by atoms with E-state index in [1.165, 1.54) is 7.11 Å². The normalized spacial score (nSPS) is 10.4. The lowest BCUT2D eigenvalue weighted by Gasteiger charge is -1.99. The summed E-state index contributed by atoms with van der Waals surface area (Å²) in [6.45, 7) is 1.85. The molecule has 0 saturated carbocycles. The third-order valence-corrected chi connectivity index (χ3v) is 3.39. The first-order valence-electron chi connectivity index (χ1n) is 4.94. The number of esters is 1. The number of hydrogen-bond acceptors (Lipinski definition) is 6. The van der Waals surface area contributed by atoms with E-state index in [1.54, 1.807) is 17.8 Å². The number of aryl methyl sites for hydroxylation is 2. The van der Waals surface area contributed by atoms with E-state index in [4.69, 9.17) is 16.3 Å². The second kappa shape index (κ2) is 4.95. The SMILES string of the molecule is COC(=O)c1sc(Oc2cc(C)nn2C)nc1Cl. The van der Waals surface area contributed by atoms with Crippen molar-refractivity contribution in [3.63, 3.8) is 0 Å². The molecule has 0 N–H and O–H groups in total. The predicted molar refractivity (Wildman–Crippen MR) is 66.5 cm³/mol. The minimum atomic E-state index is -0.534. The van der Waals surface area contributed by atoms with E-state index >= 15 is 0 Å². The van der Waals surface area contributed by atoms with E-state index in [1.807, 2.05) is 6.92 Å². The molecule has 0 saturated heterocycles. The molecule has 0 fully saturated rings. The number of ether oxygens (including phenoxy) is 2. The van der Waals surface area contributed by atoms with Gasteiger partial charge < -0.3 is 9.47 Å². The number of carbonyl (C=O) groups excluding carboxylic acids is 1. The Hall–Kier alpha value is -1.60. The molecule has 0 bridgehead atoms. The zero-order valence-corrected chi connectivity index (χ0v) is 11.5. The Kier molecular flexibility index (Phi) is 3.53. The fourth-order valence-electron chi connectivity index (χ4n) is 1.32. The van der Waals surface area contributed by atoms with Crippen molar-refractivity contribution in [3.05, 3.63) is 21.8 Å². The molecule has 0 aliphatic rings. The second-order valence-electron chi connectivity index (χ2n) is 3.44. The zero-order chi connectivity index (χ0) is 13.3. The van der Waals surface area contributed by atoms with Crippen molar-refractivity contribution in [2.45, 2.75) is 6.92 Å². The van der Waals surface area contributed by atoms with Gasteiger partial charge in [-0.15, -0.1) is 0 Å². The molecule has 0 radical (unpaired) electrons. The Morgan fingerprint density at radius 1 is 1.56 bits per heavy atom. The number of nitrogens with zero attached hydrogens (tertiary/aromatic N) is 3. The fourth-order valence-corrected chi connectivity index (χ4v) is 2.37. The van der Waals surface area contributed by atoms with Crippen molar-refractivity contribution in [2.75, 3.05) is 7.11 Å². The predicted octanol–water partition coefficient (Wildman–Crippen LogP) is 2.42. The van der Waals surface area contributed by atoms with E-state index in [-0.39, 0.29) is 15.2 Å². The van der Waals surface area contributed by atoms with Gasteiger partial charge in [-0.05, 0) is 6.92 Å². The summed E-state index contributed by atoms with van der Waals surface area (Å²) in [7, 11) is 3.03. The van der Waals surface area contributed by atoms with Gasteiger partial charge >= 0.3 is 5.97 Å². The summed E-state index contributed by atoms with van der Waals surface area (Å²) in [4.78, 5) is 15.5. The molecule has 0 amide bonds. The van der Waals surface area contributed by atoms with Crippen LogP contribution in [-0.2, 0) is 11.8 Å². The summed E-state index contributed by atoms with van der Waals surface area (Å²) in [5, 5.41) is 4.47. The van der Waals surface area contributed by atoms with Crippen LogP contribution in [0, 0.1) is 6.92 Å². The number of methoxy groups -OCH3 is 1. The zero-order valence-electron chi connectivity index (χ0n) is 9.93. The quantitative estimate of drug-likeness (QED) is 0.811. The molecule has 6 nitrogen and oxygen atoms in total. The maximum atomic E-state index is 11.4. The molecule has 0 aliphatic carbocycles. The second-order valence-corrected chi connectivity index (χ2v) is 4.76. The first-order chi connectivity index (χ1) is 8.51. The van der Waals surface area contributed by atoms with Gasteiger partial charge in [0.05, 0.1) is 12.8 Å². The summed E-state index contributed by atoms with van der Waals surface area (Å²) in [6, 6.07) is 1.76. The van der Waals surface area contributed by atoms with E-state index in [0.717, 1.165) is 17.0 Å². The van der Waals surface area contributed by atoms with Gasteiger partial charge in [0.15, 0.2) is 10.0 Å². The average molecular weight is 288 g/mol. The van der Waals surface area contributed by atoms with Crippen LogP contribution in [0.15, 0.2) is 6.07 Å². The Labute approximate surface area is 112 Å². The Morgan fingerprint density at radius 3 is 2.83 bits per heavy atom. The fraction of sp³-hybridized carbons (Fsp3) is 0.300. The van der Waals surface area contributed by atoms with Crippen molar-refractivity contribution >= 4 is 28.9 Å². The standard InChI is InChI=1S/C10H10ClN3O3S/c1-5-4-6(14(2)13-5)17-10-12-8(11)7(18-10)9(15)16-3/h4H,1-3H3. The highest BCUT2D eigenvalue weighted by atomic mass is 35.5. The van der Waals surface area contributed by atoms with Gasteiger partial charge in [0.2, 0.25) is 5.88 Å². The first kappa shape index (κ1) is 12.8. The summed E-state index contributed by atoms with van der Waals surface area (Å²) < 4.78 is 11.7. The van der Waals surface area contributed by atoms with Crippen LogP contribution >= 0.6 is 22.9 Å². The van der Waals surface area contributed by atoms with E-state index in [0.29, 0.717) is 5.88 Å². The van der Waals surface area contributed by atoms with Crippen molar-refractivity contribution < 1.29 is 14.3 Å². The molecular formula is C10H10ClN3O3S. The lowest BCUT2D eigenvalue weighted by Crippen LogP contribution is -1.98. The highest BCUT2D eigenvalue weighted by Crippen LogP contribution is 2.32. The first-order valence-corrected chi connectivity index (χ1v) is 6.14. The number of rotatable bonds is 3. The molecule has 18 heavy (non-hydrogen) atoms. The van der Waals surface area contributed by atoms with Crippen LogP contribution in [0.1, 0.15) is 15.4 Å². The number of aromatic nitrogens is 3. The molecule has 2 aromatic rings. The maximum Gasteiger partial charge on any atom is 0.351 e. The molecule has 2 rings (SSSR count). The van der Waals surface area contributed by atoms with Crippen LogP contribution in [-0.4, -0.2) is 27.8 Å². The van der Waals surface area contributed by atoms with Gasteiger partial charge in [-0.1, -0.05) is 22.9 Å². The molecule has 0 aliphatic heterocycles. The van der Waals surface area contributed by atoms with Crippen molar-refractivity contribution in [1.82, 2.24) is 14.8 Å². The van der Waals surface area contributed by atoms with E-state index in [2.05, 4.69) is 14.8 Å². The molecular weight excluding hydrogens is 278 g/mol. The number of halogens is 1. The third kappa shape index (κ3) is 2.46. The summed E-state index contributed by atoms with van der Waals surface area (Å²) in [5.74, 6) is -0.0112. The highest BCUT2D eigenvalue weighted by Gasteiger charge is 2.19. The molecule has 8 heteroatoms. The van der Waals surface area contributed by atoms with Crippen LogP contribution in [0.4, 0.5) is 0 Å². The third-order valence-electron chi connectivity index (χ3n) is 2.09. The molecule has 0 unspecified atom stereocenters. The molecule has 2 aromatic heterocycles. The van der Waals surface area contributed by atoms with E-state index in [9.17, 15) is 4.79 Å². The van der Waals surface area contributed by atoms with Gasteiger partial charge in [0.1, 0.15) is 0 Å². The molecule has 0 aromatic carbocycles. The summed E-state index contributed by atoms with van der Waals surface area (Å²) in [6.07, 6.45) is 0. The summed E-state index contributed by atoms with van der Waals surface area (Å²) >= 11 is 6.85. The van der Waals surface area contributed by atoms with Gasteiger partial charge in [-0.25, -0.2) is 9.48 Å². The molecule has 0 spiro atoms. The van der Waals surface area contributed by atoms with Crippen LogP contribution in [0.25, 0.3) is 0 Å². The van der Waals surface area contributed by atoms with Crippen molar-refractivity contribution in [1.29, 1.82) is 0 Å². The van der Waals surface area contributed by atoms with Gasteiger partial charge in [0, 0.05) is 13.1 Å². The van der Waals surface area contributed by atoms with Gasteiger partial charge in [-0.2, -0.15) is 10.1 Å². The molecule has 0 atom stereocenters. The van der Waals surface area contributed by atoms with Crippen molar-refractivity contribution in [2.24, 2.45) is 7.05 Å². The monoisotopic (exact) mass is 287 g/mol. The average Bonchev–Trinajstić information content (AvgIpc) is 2.82. The maximum absolute atomic E-state index is 11.4. The van der Waals surface area contributed by atoms with Gasteiger partial charge in [0.25, 0.3) is 5.19 Å². The molecule has 2 heterocycles. The Morgan fingerprint density at radius 2 is 2.28 bits per heavy atom.